The van der Waals surface area contributed by atoms with Crippen LogP contribution in [0, 0.1) is 5.92 Å². The van der Waals surface area contributed by atoms with Gasteiger partial charge in [0.2, 0.25) is 0 Å². The van der Waals surface area contributed by atoms with Crippen LogP contribution in [0.15, 0.2) is 11.0 Å². The summed E-state index contributed by atoms with van der Waals surface area (Å²) in [6.45, 7) is 2.00. The Balaban J connectivity index is 1.72. The van der Waals surface area contributed by atoms with Crippen LogP contribution < -0.4 is 10.9 Å². The molecule has 2 aliphatic rings. The summed E-state index contributed by atoms with van der Waals surface area (Å²) in [7, 11) is 0. The first-order valence-corrected chi connectivity index (χ1v) is 7.75. The Hall–Kier alpha value is -1.11. The van der Waals surface area contributed by atoms with Gasteiger partial charge >= 0.3 is 0 Å². The molecule has 1 aromatic rings. The Morgan fingerprint density at radius 2 is 2.19 bits per heavy atom. The van der Waals surface area contributed by atoms with Crippen LogP contribution in [-0.4, -0.2) is 40.2 Å². The van der Waals surface area contributed by atoms with Gasteiger partial charge in [-0.3, -0.25) is 4.79 Å². The molecule has 0 aromatic carbocycles. The Kier molecular flexibility index (Phi) is 4.19. The maximum absolute atomic E-state index is 12.4. The number of halogens is 1. The van der Waals surface area contributed by atoms with Gasteiger partial charge in [-0.05, 0) is 18.8 Å². The molecule has 116 valence electrons. The highest BCUT2D eigenvalue weighted by Gasteiger charge is 2.30. The second-order valence-corrected chi connectivity index (χ2v) is 6.40. The predicted molar refractivity (Wildman–Crippen MR) is 79.7 cm³/mol. The first-order valence-electron chi connectivity index (χ1n) is 7.37. The van der Waals surface area contributed by atoms with E-state index >= 15 is 0 Å². The highest BCUT2D eigenvalue weighted by atomic mass is 35.5. The van der Waals surface area contributed by atoms with Gasteiger partial charge in [-0.15, -0.1) is 0 Å². The molecule has 0 radical (unpaired) electrons. The number of hydrogen-bond acceptors (Lipinski definition) is 5. The van der Waals surface area contributed by atoms with E-state index in [-0.39, 0.29) is 5.56 Å². The monoisotopic (exact) mass is 313 g/mol. The summed E-state index contributed by atoms with van der Waals surface area (Å²) in [4.78, 5) is 12.4. The fourth-order valence-electron chi connectivity index (χ4n) is 2.48. The zero-order valence-corrected chi connectivity index (χ0v) is 12.6. The van der Waals surface area contributed by atoms with Crippen LogP contribution in [0.5, 0.6) is 0 Å². The number of hydrogen-bond donors (Lipinski definition) is 2. The number of aromatic nitrogens is 2. The minimum atomic E-state index is -0.849. The summed E-state index contributed by atoms with van der Waals surface area (Å²) >= 11 is 6.07. The molecule has 1 aliphatic carbocycles. The normalized spacial score (nSPS) is 21.2. The third-order valence-electron chi connectivity index (χ3n) is 4.14. The van der Waals surface area contributed by atoms with Gasteiger partial charge in [-0.25, -0.2) is 4.68 Å². The smallest absolute Gasteiger partial charge is 0.291 e. The first-order chi connectivity index (χ1) is 10.1. The van der Waals surface area contributed by atoms with E-state index in [4.69, 9.17) is 16.3 Å². The second-order valence-electron chi connectivity index (χ2n) is 5.99. The van der Waals surface area contributed by atoms with Crippen molar-refractivity contribution in [3.8, 4) is 0 Å². The molecule has 0 spiro atoms. The summed E-state index contributed by atoms with van der Waals surface area (Å²) in [5, 5.41) is 17.8. The first kappa shape index (κ1) is 14.8. The number of ether oxygens (including phenoxy) is 1. The number of nitrogens with zero attached hydrogens (tertiary/aromatic N) is 2. The van der Waals surface area contributed by atoms with Crippen molar-refractivity contribution < 1.29 is 9.84 Å². The van der Waals surface area contributed by atoms with Gasteiger partial charge in [-0.1, -0.05) is 11.6 Å². The van der Waals surface area contributed by atoms with Crippen LogP contribution in [0.3, 0.4) is 0 Å². The van der Waals surface area contributed by atoms with Crippen LogP contribution in [0.25, 0.3) is 0 Å². The van der Waals surface area contributed by atoms with Crippen molar-refractivity contribution in [3.05, 3.63) is 21.6 Å². The summed E-state index contributed by atoms with van der Waals surface area (Å²) in [6.07, 6.45) is 4.90. The Morgan fingerprint density at radius 1 is 1.48 bits per heavy atom. The lowest BCUT2D eigenvalue weighted by atomic mass is 9.94. The Bertz CT molecular complexity index is 565. The molecule has 0 bridgehead atoms. The van der Waals surface area contributed by atoms with Crippen molar-refractivity contribution in [1.82, 2.24) is 9.78 Å². The van der Waals surface area contributed by atoms with Gasteiger partial charge in [0.05, 0.1) is 16.8 Å². The third kappa shape index (κ3) is 3.56. The Labute approximate surface area is 128 Å². The number of anilines is 1. The molecule has 2 fully saturated rings. The number of rotatable bonds is 5. The van der Waals surface area contributed by atoms with E-state index in [9.17, 15) is 9.90 Å². The van der Waals surface area contributed by atoms with E-state index in [0.29, 0.717) is 55.8 Å². The molecule has 3 rings (SSSR count). The topological polar surface area (TPSA) is 76.4 Å². The average Bonchev–Trinajstić information content (AvgIpc) is 3.27. The SMILES string of the molecule is O=c1c(NCC2(O)CCOCC2)c(Cl)cnn1CC1CC1. The molecule has 7 heteroatoms. The third-order valence-corrected chi connectivity index (χ3v) is 4.43. The van der Waals surface area contributed by atoms with E-state index in [0.717, 1.165) is 12.8 Å². The molecule has 1 saturated carbocycles. The van der Waals surface area contributed by atoms with E-state index in [1.807, 2.05) is 0 Å². The molecule has 0 amide bonds. The number of aliphatic hydroxyl groups is 1. The van der Waals surface area contributed by atoms with E-state index in [1.54, 1.807) is 0 Å². The van der Waals surface area contributed by atoms with Crippen LogP contribution >= 0.6 is 11.6 Å². The van der Waals surface area contributed by atoms with Crippen LogP contribution in [-0.2, 0) is 11.3 Å². The zero-order chi connectivity index (χ0) is 14.9. The molecule has 2 N–H and O–H groups in total. The lowest BCUT2D eigenvalue weighted by molar-refractivity contribution is -0.0543. The fraction of sp³-hybridized carbons (Fsp3) is 0.714. The minimum Gasteiger partial charge on any atom is -0.388 e. The maximum Gasteiger partial charge on any atom is 0.291 e. The van der Waals surface area contributed by atoms with Gasteiger partial charge in [0.15, 0.2) is 0 Å². The minimum absolute atomic E-state index is 0.218. The van der Waals surface area contributed by atoms with Crippen molar-refractivity contribution in [2.45, 2.75) is 37.8 Å². The molecule has 0 unspecified atom stereocenters. The van der Waals surface area contributed by atoms with Gasteiger partial charge in [0.25, 0.3) is 5.56 Å². The summed E-state index contributed by atoms with van der Waals surface area (Å²) in [5.41, 5.74) is -0.740. The van der Waals surface area contributed by atoms with Crippen LogP contribution in [0.4, 0.5) is 5.69 Å². The predicted octanol–water partition coefficient (Wildman–Crippen LogP) is 1.26. The fourth-order valence-corrected chi connectivity index (χ4v) is 2.68. The molecule has 6 nitrogen and oxygen atoms in total. The lowest BCUT2D eigenvalue weighted by Crippen LogP contribution is -2.43. The van der Waals surface area contributed by atoms with Crippen molar-refractivity contribution in [1.29, 1.82) is 0 Å². The number of nitrogens with one attached hydrogen (secondary N) is 1. The summed E-state index contributed by atoms with van der Waals surface area (Å²) in [5.74, 6) is 0.559. The highest BCUT2D eigenvalue weighted by molar-refractivity contribution is 6.32. The molecule has 0 atom stereocenters. The van der Waals surface area contributed by atoms with Gasteiger partial charge in [0.1, 0.15) is 5.69 Å². The molecule has 1 aliphatic heterocycles. The average molecular weight is 314 g/mol. The largest absolute Gasteiger partial charge is 0.388 e. The molecule has 21 heavy (non-hydrogen) atoms. The van der Waals surface area contributed by atoms with E-state index in [2.05, 4.69) is 10.4 Å². The summed E-state index contributed by atoms with van der Waals surface area (Å²) < 4.78 is 6.70. The van der Waals surface area contributed by atoms with E-state index in [1.165, 1.54) is 10.9 Å². The molecule has 1 saturated heterocycles. The molecule has 2 heterocycles. The zero-order valence-electron chi connectivity index (χ0n) is 11.8. The van der Waals surface area contributed by atoms with Crippen LogP contribution in [0.1, 0.15) is 25.7 Å². The van der Waals surface area contributed by atoms with Crippen molar-refractivity contribution in [2.75, 3.05) is 25.1 Å². The molecule has 1 aromatic heterocycles. The van der Waals surface area contributed by atoms with Crippen molar-refractivity contribution >= 4 is 17.3 Å². The van der Waals surface area contributed by atoms with Gasteiger partial charge < -0.3 is 15.2 Å². The quantitative estimate of drug-likeness (QED) is 0.856. The van der Waals surface area contributed by atoms with Crippen molar-refractivity contribution in [3.63, 3.8) is 0 Å². The van der Waals surface area contributed by atoms with Crippen LogP contribution in [0.2, 0.25) is 5.02 Å². The standard InChI is InChI=1S/C14H20ClN3O3/c15-11-7-17-18(8-10-1-2-10)13(19)12(11)16-9-14(20)3-5-21-6-4-14/h7,10,16,20H,1-6,8-9H2. The lowest BCUT2D eigenvalue weighted by Gasteiger charge is -2.32. The van der Waals surface area contributed by atoms with Gasteiger partial charge in [0, 0.05) is 39.1 Å². The summed E-state index contributed by atoms with van der Waals surface area (Å²) in [6, 6.07) is 0. The van der Waals surface area contributed by atoms with Gasteiger partial charge in [-0.2, -0.15) is 5.10 Å². The molecular formula is C14H20ClN3O3. The highest BCUT2D eigenvalue weighted by Crippen LogP contribution is 2.30. The van der Waals surface area contributed by atoms with Crippen molar-refractivity contribution in [2.24, 2.45) is 5.92 Å². The maximum atomic E-state index is 12.4. The Morgan fingerprint density at radius 3 is 2.86 bits per heavy atom. The second kappa shape index (κ2) is 5.94. The molecular weight excluding hydrogens is 294 g/mol. The van der Waals surface area contributed by atoms with E-state index < -0.39 is 5.60 Å².